The second-order valence-corrected chi connectivity index (χ2v) is 3.22. The van der Waals surface area contributed by atoms with Crippen LogP contribution in [0, 0.1) is 5.92 Å². The first-order chi connectivity index (χ1) is 6.07. The van der Waals surface area contributed by atoms with Crippen molar-refractivity contribution in [2.24, 2.45) is 5.92 Å². The van der Waals surface area contributed by atoms with Crippen LogP contribution >= 0.6 is 0 Å². The summed E-state index contributed by atoms with van der Waals surface area (Å²) in [6.07, 6.45) is -11.0. The SMILES string of the molecule is OC1(C(C(F)(F)F)C(F)(F)F)CNC1. The summed E-state index contributed by atoms with van der Waals surface area (Å²) in [7, 11) is 0. The second kappa shape index (κ2) is 2.99. The molecule has 0 aromatic heterocycles. The first-order valence-electron chi connectivity index (χ1n) is 3.64. The Morgan fingerprint density at radius 2 is 1.36 bits per heavy atom. The number of rotatable bonds is 1. The number of hydrogen-bond acceptors (Lipinski definition) is 2. The van der Waals surface area contributed by atoms with E-state index in [2.05, 4.69) is 5.32 Å². The first kappa shape index (κ1) is 11.6. The molecule has 0 atom stereocenters. The Kier molecular flexibility index (Phi) is 2.47. The van der Waals surface area contributed by atoms with E-state index in [9.17, 15) is 26.3 Å². The Morgan fingerprint density at radius 3 is 1.43 bits per heavy atom. The van der Waals surface area contributed by atoms with Gasteiger partial charge in [0, 0.05) is 13.1 Å². The van der Waals surface area contributed by atoms with Crippen molar-refractivity contribution in [1.29, 1.82) is 0 Å². The fraction of sp³-hybridized carbons (Fsp3) is 1.00. The van der Waals surface area contributed by atoms with Crippen LogP contribution < -0.4 is 5.32 Å². The Hall–Kier alpha value is -0.500. The van der Waals surface area contributed by atoms with Crippen LogP contribution in [-0.4, -0.2) is 36.1 Å². The van der Waals surface area contributed by atoms with Crippen LogP contribution in [0.1, 0.15) is 0 Å². The molecule has 84 valence electrons. The molecule has 1 rings (SSSR count). The van der Waals surface area contributed by atoms with Gasteiger partial charge in [-0.2, -0.15) is 26.3 Å². The minimum Gasteiger partial charge on any atom is -0.386 e. The third kappa shape index (κ3) is 1.95. The van der Waals surface area contributed by atoms with Crippen molar-refractivity contribution < 1.29 is 31.4 Å². The van der Waals surface area contributed by atoms with Crippen LogP contribution in [0.25, 0.3) is 0 Å². The van der Waals surface area contributed by atoms with E-state index in [0.717, 1.165) is 0 Å². The molecule has 0 bridgehead atoms. The molecule has 0 aromatic carbocycles. The molecule has 1 fully saturated rings. The highest BCUT2D eigenvalue weighted by Crippen LogP contribution is 2.46. The molecule has 0 radical (unpaired) electrons. The Bertz CT molecular complexity index is 203. The van der Waals surface area contributed by atoms with Gasteiger partial charge in [0.1, 0.15) is 5.60 Å². The van der Waals surface area contributed by atoms with Crippen molar-refractivity contribution in [2.45, 2.75) is 18.0 Å². The molecule has 2 N–H and O–H groups in total. The Morgan fingerprint density at radius 1 is 1.00 bits per heavy atom. The van der Waals surface area contributed by atoms with Gasteiger partial charge in [-0.3, -0.25) is 0 Å². The molecule has 8 heteroatoms. The molecule has 0 amide bonds. The lowest BCUT2D eigenvalue weighted by Gasteiger charge is -2.44. The molecule has 0 aliphatic carbocycles. The first-order valence-corrected chi connectivity index (χ1v) is 3.64. The van der Waals surface area contributed by atoms with Crippen molar-refractivity contribution in [3.63, 3.8) is 0 Å². The molecule has 14 heavy (non-hydrogen) atoms. The summed E-state index contributed by atoms with van der Waals surface area (Å²) in [6, 6.07) is 0. The van der Waals surface area contributed by atoms with Crippen molar-refractivity contribution in [2.75, 3.05) is 13.1 Å². The highest BCUT2D eigenvalue weighted by molar-refractivity contribution is 5.03. The van der Waals surface area contributed by atoms with Crippen molar-refractivity contribution >= 4 is 0 Å². The molecule has 0 saturated carbocycles. The monoisotopic (exact) mass is 223 g/mol. The standard InChI is InChI=1S/C6H7F6NO/c7-5(8,9)3(6(10,11)12)4(14)1-13-2-4/h3,13-14H,1-2H2. The van der Waals surface area contributed by atoms with E-state index in [1.807, 2.05) is 0 Å². The zero-order valence-corrected chi connectivity index (χ0v) is 6.71. The third-order valence-electron chi connectivity index (χ3n) is 2.05. The molecule has 0 aromatic rings. The summed E-state index contributed by atoms with van der Waals surface area (Å²) in [4.78, 5) is 0. The van der Waals surface area contributed by atoms with E-state index in [-0.39, 0.29) is 0 Å². The van der Waals surface area contributed by atoms with E-state index in [1.54, 1.807) is 0 Å². The van der Waals surface area contributed by atoms with Gasteiger partial charge in [-0.1, -0.05) is 0 Å². The molecule has 1 aliphatic rings. The van der Waals surface area contributed by atoms with Gasteiger partial charge in [-0.25, -0.2) is 0 Å². The molecule has 2 nitrogen and oxygen atoms in total. The predicted octanol–water partition coefficient (Wildman–Crippen LogP) is 1.06. The molecular weight excluding hydrogens is 216 g/mol. The number of halogens is 6. The van der Waals surface area contributed by atoms with E-state index in [0.29, 0.717) is 0 Å². The molecule has 1 aliphatic heterocycles. The molecule has 1 heterocycles. The fourth-order valence-corrected chi connectivity index (χ4v) is 1.38. The van der Waals surface area contributed by atoms with Crippen LogP contribution in [0.4, 0.5) is 26.3 Å². The van der Waals surface area contributed by atoms with E-state index >= 15 is 0 Å². The van der Waals surface area contributed by atoms with Gasteiger partial charge >= 0.3 is 12.4 Å². The van der Waals surface area contributed by atoms with Crippen LogP contribution in [0.15, 0.2) is 0 Å². The lowest BCUT2D eigenvalue weighted by molar-refractivity contribution is -0.334. The summed E-state index contributed by atoms with van der Waals surface area (Å²) >= 11 is 0. The maximum absolute atomic E-state index is 12.0. The van der Waals surface area contributed by atoms with Gasteiger partial charge < -0.3 is 10.4 Å². The van der Waals surface area contributed by atoms with Crippen LogP contribution in [0.5, 0.6) is 0 Å². The topological polar surface area (TPSA) is 32.3 Å². The van der Waals surface area contributed by atoms with Gasteiger partial charge in [0.2, 0.25) is 0 Å². The largest absolute Gasteiger partial charge is 0.403 e. The smallest absolute Gasteiger partial charge is 0.386 e. The molecular formula is C6H7F6NO. The number of aliphatic hydroxyl groups is 1. The number of hydrogen-bond donors (Lipinski definition) is 2. The maximum atomic E-state index is 12.0. The minimum absolute atomic E-state index is 0.698. The second-order valence-electron chi connectivity index (χ2n) is 3.22. The van der Waals surface area contributed by atoms with Crippen LogP contribution in [0.3, 0.4) is 0 Å². The zero-order valence-electron chi connectivity index (χ0n) is 6.71. The van der Waals surface area contributed by atoms with Crippen molar-refractivity contribution in [3.8, 4) is 0 Å². The average Bonchev–Trinajstić information content (AvgIpc) is 1.76. The lowest BCUT2D eigenvalue weighted by atomic mass is 9.81. The van der Waals surface area contributed by atoms with Crippen LogP contribution in [0.2, 0.25) is 0 Å². The Balaban J connectivity index is 2.94. The summed E-state index contributed by atoms with van der Waals surface area (Å²) in [5, 5.41) is 11.2. The number of alkyl halides is 6. The lowest BCUT2D eigenvalue weighted by Crippen LogP contribution is -2.69. The minimum atomic E-state index is -5.48. The molecule has 0 unspecified atom stereocenters. The van der Waals surface area contributed by atoms with Gasteiger partial charge in [0.25, 0.3) is 0 Å². The fourth-order valence-electron chi connectivity index (χ4n) is 1.38. The summed E-state index contributed by atoms with van der Waals surface area (Å²) in [6.45, 7) is -1.40. The van der Waals surface area contributed by atoms with Gasteiger partial charge in [0.05, 0.1) is 0 Å². The number of β-amino-alcohol motifs (C(OH)–C–C–N with tert-alkyl or cyclic N) is 1. The average molecular weight is 223 g/mol. The van der Waals surface area contributed by atoms with Crippen molar-refractivity contribution in [1.82, 2.24) is 5.32 Å². The predicted molar refractivity (Wildman–Crippen MR) is 33.4 cm³/mol. The molecule has 0 spiro atoms. The van der Waals surface area contributed by atoms with E-state index in [1.165, 1.54) is 0 Å². The van der Waals surface area contributed by atoms with Crippen LogP contribution in [-0.2, 0) is 0 Å². The summed E-state index contributed by atoms with van der Waals surface area (Å²) in [5.41, 5.74) is -2.75. The van der Waals surface area contributed by atoms with Gasteiger partial charge in [0.15, 0.2) is 5.92 Å². The maximum Gasteiger partial charge on any atom is 0.403 e. The van der Waals surface area contributed by atoms with E-state index in [4.69, 9.17) is 5.11 Å². The highest BCUT2D eigenvalue weighted by Gasteiger charge is 2.67. The van der Waals surface area contributed by atoms with E-state index < -0.39 is 37.0 Å². The Labute approximate surface area is 74.9 Å². The molecule has 1 saturated heterocycles. The van der Waals surface area contributed by atoms with Crippen molar-refractivity contribution in [3.05, 3.63) is 0 Å². The highest BCUT2D eigenvalue weighted by atomic mass is 19.4. The normalized spacial score (nSPS) is 22.3. The zero-order chi connectivity index (χ0) is 11.2. The number of nitrogens with one attached hydrogen (secondary N) is 1. The van der Waals surface area contributed by atoms with Gasteiger partial charge in [-0.15, -0.1) is 0 Å². The summed E-state index contributed by atoms with van der Waals surface area (Å²) in [5.74, 6) is -3.68. The quantitative estimate of drug-likeness (QED) is 0.651. The third-order valence-corrected chi connectivity index (χ3v) is 2.05. The summed E-state index contributed by atoms with van der Waals surface area (Å²) < 4.78 is 72.1. The van der Waals surface area contributed by atoms with Gasteiger partial charge in [-0.05, 0) is 0 Å².